The number of amides is 1. The number of carbonyl (C=O) groups is 1. The van der Waals surface area contributed by atoms with Gasteiger partial charge in [-0.15, -0.1) is 0 Å². The molecule has 3 aromatic rings. The van der Waals surface area contributed by atoms with E-state index in [-0.39, 0.29) is 17.7 Å². The summed E-state index contributed by atoms with van der Waals surface area (Å²) in [4.78, 5) is 20.7. The van der Waals surface area contributed by atoms with Crippen molar-refractivity contribution in [3.05, 3.63) is 41.8 Å². The number of aryl methyl sites for hydroxylation is 2. The number of nitrogens with one attached hydrogen (secondary N) is 1. The molecule has 0 bridgehead atoms. The number of nitrogens with zero attached hydrogens (tertiary/aromatic N) is 2. The van der Waals surface area contributed by atoms with Crippen LogP contribution in [0.4, 0.5) is 5.82 Å². The molecule has 1 amide bonds. The Balaban J connectivity index is 1.58. The number of anilines is 1. The van der Waals surface area contributed by atoms with Crippen molar-refractivity contribution >= 4 is 22.8 Å². The highest BCUT2D eigenvalue weighted by molar-refractivity contribution is 6.01. The zero-order chi connectivity index (χ0) is 15.3. The molecule has 3 aromatic heterocycles. The Morgan fingerprint density at radius 3 is 3.00 bits per heavy atom. The molecule has 3 heterocycles. The summed E-state index contributed by atoms with van der Waals surface area (Å²) in [6.45, 7) is 3.80. The number of furan rings is 2. The number of carbonyl (C=O) groups excluding carboxylic acids is 1. The van der Waals surface area contributed by atoms with E-state index in [1.165, 1.54) is 6.33 Å². The van der Waals surface area contributed by atoms with Crippen molar-refractivity contribution in [1.29, 1.82) is 0 Å². The lowest BCUT2D eigenvalue weighted by molar-refractivity contribution is -0.117. The van der Waals surface area contributed by atoms with Crippen LogP contribution in [0.15, 0.2) is 33.6 Å². The van der Waals surface area contributed by atoms with Gasteiger partial charge >= 0.3 is 0 Å². The normalized spacial score (nSPS) is 20.3. The first-order valence-electron chi connectivity index (χ1n) is 7.20. The minimum Gasteiger partial charge on any atom is -0.469 e. The van der Waals surface area contributed by atoms with Crippen LogP contribution in [0.5, 0.6) is 0 Å². The molecule has 1 N–H and O–H groups in total. The maximum absolute atomic E-state index is 12.4. The van der Waals surface area contributed by atoms with Gasteiger partial charge in [0, 0.05) is 17.4 Å². The first kappa shape index (κ1) is 13.1. The van der Waals surface area contributed by atoms with Crippen molar-refractivity contribution in [2.45, 2.75) is 26.2 Å². The molecule has 0 spiro atoms. The molecule has 6 heteroatoms. The van der Waals surface area contributed by atoms with Gasteiger partial charge in [0.25, 0.3) is 0 Å². The second kappa shape index (κ2) is 4.69. The van der Waals surface area contributed by atoms with Crippen LogP contribution < -0.4 is 5.32 Å². The van der Waals surface area contributed by atoms with Crippen molar-refractivity contribution in [3.8, 4) is 0 Å². The molecule has 0 unspecified atom stereocenters. The summed E-state index contributed by atoms with van der Waals surface area (Å²) in [6.07, 6.45) is 3.84. The average Bonchev–Trinajstić information content (AvgIpc) is 3.00. The molecule has 0 radical (unpaired) electrons. The lowest BCUT2D eigenvalue weighted by atomic mass is 10.2. The Labute approximate surface area is 126 Å². The number of aromatic nitrogens is 2. The van der Waals surface area contributed by atoms with Crippen molar-refractivity contribution in [2.75, 3.05) is 5.32 Å². The highest BCUT2D eigenvalue weighted by atomic mass is 16.3. The Morgan fingerprint density at radius 2 is 2.23 bits per heavy atom. The smallest absolute Gasteiger partial charge is 0.231 e. The third kappa shape index (κ3) is 1.99. The highest BCUT2D eigenvalue weighted by Gasteiger charge is 2.46. The summed E-state index contributed by atoms with van der Waals surface area (Å²) in [5, 5.41) is 3.67. The standard InChI is InChI=1S/C16H15N3O3/c1-8-9(2)22-16-13(8)14(17-7-18-16)19-15(20)11-6-10(11)12-4-3-5-21-12/h3-5,7,10-11H,6H2,1-2H3,(H,17,18,19,20)/t10-,11-/m1/s1. The van der Waals surface area contributed by atoms with Crippen LogP contribution in [0.1, 0.15) is 29.4 Å². The summed E-state index contributed by atoms with van der Waals surface area (Å²) in [5.74, 6) is 2.22. The topological polar surface area (TPSA) is 81.2 Å². The third-order valence-electron chi connectivity index (χ3n) is 4.24. The summed E-state index contributed by atoms with van der Waals surface area (Å²) in [7, 11) is 0. The highest BCUT2D eigenvalue weighted by Crippen LogP contribution is 2.48. The van der Waals surface area contributed by atoms with E-state index >= 15 is 0 Å². The van der Waals surface area contributed by atoms with E-state index in [0.717, 1.165) is 28.9 Å². The zero-order valence-electron chi connectivity index (χ0n) is 12.3. The first-order chi connectivity index (χ1) is 10.6. The van der Waals surface area contributed by atoms with Crippen LogP contribution in [0, 0.1) is 19.8 Å². The molecule has 1 aliphatic carbocycles. The summed E-state index contributed by atoms with van der Waals surface area (Å²) in [5.41, 5.74) is 1.45. The van der Waals surface area contributed by atoms with Crippen LogP contribution in [0.3, 0.4) is 0 Å². The molecule has 4 rings (SSSR count). The predicted octanol–water partition coefficient (Wildman–Crippen LogP) is 3.17. The van der Waals surface area contributed by atoms with E-state index in [0.29, 0.717) is 11.5 Å². The second-order valence-electron chi connectivity index (χ2n) is 5.64. The van der Waals surface area contributed by atoms with Crippen molar-refractivity contribution < 1.29 is 13.6 Å². The minimum absolute atomic E-state index is 0.0420. The molecular weight excluding hydrogens is 282 g/mol. The monoisotopic (exact) mass is 297 g/mol. The predicted molar refractivity (Wildman–Crippen MR) is 79.5 cm³/mol. The summed E-state index contributed by atoms with van der Waals surface area (Å²) < 4.78 is 10.9. The van der Waals surface area contributed by atoms with Gasteiger partial charge in [-0.25, -0.2) is 9.97 Å². The first-order valence-corrected chi connectivity index (χ1v) is 7.20. The van der Waals surface area contributed by atoms with Gasteiger partial charge in [-0.3, -0.25) is 4.79 Å². The van der Waals surface area contributed by atoms with Gasteiger partial charge in [-0.1, -0.05) is 0 Å². The van der Waals surface area contributed by atoms with Gasteiger partial charge in [0.1, 0.15) is 23.7 Å². The lowest BCUT2D eigenvalue weighted by Gasteiger charge is -2.04. The van der Waals surface area contributed by atoms with Gasteiger partial charge in [0.05, 0.1) is 11.6 Å². The van der Waals surface area contributed by atoms with Crippen molar-refractivity contribution in [3.63, 3.8) is 0 Å². The van der Waals surface area contributed by atoms with Crippen LogP contribution in [0.25, 0.3) is 11.1 Å². The molecule has 1 saturated carbocycles. The fraction of sp³-hybridized carbons (Fsp3) is 0.312. The van der Waals surface area contributed by atoms with Crippen LogP contribution in [0.2, 0.25) is 0 Å². The summed E-state index contributed by atoms with van der Waals surface area (Å²) >= 11 is 0. The Kier molecular flexibility index (Phi) is 2.79. The number of rotatable bonds is 3. The number of hydrogen-bond acceptors (Lipinski definition) is 5. The largest absolute Gasteiger partial charge is 0.469 e. The van der Waals surface area contributed by atoms with Crippen molar-refractivity contribution in [1.82, 2.24) is 9.97 Å². The fourth-order valence-corrected chi connectivity index (χ4v) is 2.79. The van der Waals surface area contributed by atoms with E-state index in [1.807, 2.05) is 26.0 Å². The molecule has 22 heavy (non-hydrogen) atoms. The average molecular weight is 297 g/mol. The third-order valence-corrected chi connectivity index (χ3v) is 4.24. The van der Waals surface area contributed by atoms with E-state index < -0.39 is 0 Å². The van der Waals surface area contributed by atoms with E-state index in [4.69, 9.17) is 8.83 Å². The maximum Gasteiger partial charge on any atom is 0.231 e. The maximum atomic E-state index is 12.4. The zero-order valence-corrected chi connectivity index (χ0v) is 12.3. The summed E-state index contributed by atoms with van der Waals surface area (Å²) in [6, 6.07) is 3.75. The molecule has 112 valence electrons. The van der Waals surface area contributed by atoms with Gasteiger partial charge in [-0.05, 0) is 32.4 Å². The van der Waals surface area contributed by atoms with E-state index in [9.17, 15) is 4.79 Å². The van der Waals surface area contributed by atoms with Crippen LogP contribution in [-0.4, -0.2) is 15.9 Å². The molecule has 0 aromatic carbocycles. The number of hydrogen-bond donors (Lipinski definition) is 1. The van der Waals surface area contributed by atoms with E-state index in [2.05, 4.69) is 15.3 Å². The van der Waals surface area contributed by atoms with E-state index in [1.54, 1.807) is 6.26 Å². The van der Waals surface area contributed by atoms with Gasteiger partial charge in [0.2, 0.25) is 11.6 Å². The molecule has 1 fully saturated rings. The van der Waals surface area contributed by atoms with Crippen molar-refractivity contribution in [2.24, 2.45) is 5.92 Å². The molecule has 0 aliphatic heterocycles. The SMILES string of the molecule is Cc1oc2ncnc(NC(=O)[C@@H]3C[C@H]3c3ccco3)c2c1C. The van der Waals surface area contributed by atoms with Crippen LogP contribution >= 0.6 is 0 Å². The Bertz CT molecular complexity index is 851. The minimum atomic E-state index is -0.0653. The Morgan fingerprint density at radius 1 is 1.36 bits per heavy atom. The fourth-order valence-electron chi connectivity index (χ4n) is 2.79. The molecule has 6 nitrogen and oxygen atoms in total. The second-order valence-corrected chi connectivity index (χ2v) is 5.64. The molecule has 0 saturated heterocycles. The van der Waals surface area contributed by atoms with Gasteiger partial charge in [-0.2, -0.15) is 0 Å². The molecule has 2 atom stereocenters. The molecule has 1 aliphatic rings. The number of fused-ring (bicyclic) bond motifs is 1. The van der Waals surface area contributed by atoms with Gasteiger partial charge < -0.3 is 14.2 Å². The van der Waals surface area contributed by atoms with Crippen LogP contribution in [-0.2, 0) is 4.79 Å². The molecular formula is C16H15N3O3. The van der Waals surface area contributed by atoms with Gasteiger partial charge in [0.15, 0.2) is 0 Å². The quantitative estimate of drug-likeness (QED) is 0.803. The lowest BCUT2D eigenvalue weighted by Crippen LogP contribution is -2.15. The Hall–Kier alpha value is -2.63.